The lowest BCUT2D eigenvalue weighted by Gasteiger charge is -2.12. The summed E-state index contributed by atoms with van der Waals surface area (Å²) in [5, 5.41) is 0.857. The summed E-state index contributed by atoms with van der Waals surface area (Å²) in [5.41, 5.74) is 1.83. The fraction of sp³-hybridized carbons (Fsp3) is 0.143. The Morgan fingerprint density at radius 3 is 2.65 bits per heavy atom. The molecule has 0 spiro atoms. The van der Waals surface area contributed by atoms with Gasteiger partial charge in [0, 0.05) is 16.5 Å². The molecule has 3 nitrogen and oxygen atoms in total. The highest BCUT2D eigenvalue weighted by Gasteiger charge is 2.26. The number of fused-ring (bicyclic) bond motifs is 3. The first-order valence-corrected chi connectivity index (χ1v) is 5.38. The van der Waals surface area contributed by atoms with E-state index in [1.54, 1.807) is 13.0 Å². The van der Waals surface area contributed by atoms with Gasteiger partial charge in [0.1, 0.15) is 11.3 Å². The maximum absolute atomic E-state index is 12.0. The summed E-state index contributed by atoms with van der Waals surface area (Å²) in [4.78, 5) is 23.9. The van der Waals surface area contributed by atoms with Crippen molar-refractivity contribution in [3.63, 3.8) is 0 Å². The monoisotopic (exact) mass is 226 g/mol. The number of hydrogen-bond donors (Lipinski definition) is 0. The molecule has 1 aromatic carbocycles. The van der Waals surface area contributed by atoms with Crippen LogP contribution in [0.2, 0.25) is 0 Å². The summed E-state index contributed by atoms with van der Waals surface area (Å²) in [7, 11) is 0. The van der Waals surface area contributed by atoms with Gasteiger partial charge in [0.15, 0.2) is 11.6 Å². The second-order valence-corrected chi connectivity index (χ2v) is 4.28. The van der Waals surface area contributed by atoms with E-state index in [4.69, 9.17) is 4.42 Å². The van der Waals surface area contributed by atoms with Crippen LogP contribution in [-0.4, -0.2) is 11.6 Å². The van der Waals surface area contributed by atoms with Gasteiger partial charge in [-0.05, 0) is 32.1 Å². The molecule has 0 unspecified atom stereocenters. The molecule has 0 radical (unpaired) electrons. The lowest BCUT2D eigenvalue weighted by atomic mass is 9.89. The number of carbonyl (C=O) groups excluding carboxylic acids is 2. The number of rotatable bonds is 0. The van der Waals surface area contributed by atoms with Gasteiger partial charge in [-0.15, -0.1) is 0 Å². The molecule has 0 amide bonds. The predicted octanol–water partition coefficient (Wildman–Crippen LogP) is 3.07. The van der Waals surface area contributed by atoms with Crippen molar-refractivity contribution in [2.45, 2.75) is 13.8 Å². The molecule has 0 aliphatic heterocycles. The Balaban J connectivity index is 2.43. The first-order chi connectivity index (χ1) is 8.08. The SMILES string of the molecule is CC1=CC(=O)c2c(ccc3cc(C)oc23)C1=O. The van der Waals surface area contributed by atoms with E-state index in [1.807, 2.05) is 19.1 Å². The molecule has 3 rings (SSSR count). The van der Waals surface area contributed by atoms with Crippen molar-refractivity contribution in [1.82, 2.24) is 0 Å². The normalized spacial score (nSPS) is 15.1. The standard InChI is InChI=1S/C14H10O3/c1-7-5-11(15)12-10(13(7)16)4-3-9-6-8(2)17-14(9)12/h3-6H,1-2H3. The lowest BCUT2D eigenvalue weighted by molar-refractivity contribution is 0.0985. The Morgan fingerprint density at radius 1 is 1.12 bits per heavy atom. The number of hydrogen-bond acceptors (Lipinski definition) is 3. The Hall–Kier alpha value is -2.16. The summed E-state index contributed by atoms with van der Waals surface area (Å²) >= 11 is 0. The number of furan rings is 1. The number of aryl methyl sites for hydroxylation is 1. The van der Waals surface area contributed by atoms with E-state index in [1.165, 1.54) is 6.08 Å². The summed E-state index contributed by atoms with van der Waals surface area (Å²) in [5.74, 6) is 0.479. The average Bonchev–Trinajstić information content (AvgIpc) is 2.65. The fourth-order valence-corrected chi connectivity index (χ4v) is 2.21. The predicted molar refractivity (Wildman–Crippen MR) is 63.4 cm³/mol. The van der Waals surface area contributed by atoms with E-state index < -0.39 is 0 Å². The molecule has 0 N–H and O–H groups in total. The quantitative estimate of drug-likeness (QED) is 0.693. The Morgan fingerprint density at radius 2 is 1.88 bits per heavy atom. The van der Waals surface area contributed by atoms with Gasteiger partial charge in [-0.25, -0.2) is 0 Å². The molecule has 0 saturated heterocycles. The highest BCUT2D eigenvalue weighted by Crippen LogP contribution is 2.30. The second kappa shape index (κ2) is 3.17. The van der Waals surface area contributed by atoms with Crippen LogP contribution in [0, 0.1) is 6.92 Å². The molecular weight excluding hydrogens is 216 g/mol. The summed E-state index contributed by atoms with van der Waals surface area (Å²) < 4.78 is 5.52. The fourth-order valence-electron chi connectivity index (χ4n) is 2.21. The number of ketones is 2. The van der Waals surface area contributed by atoms with Crippen LogP contribution in [0.25, 0.3) is 11.0 Å². The van der Waals surface area contributed by atoms with Crippen molar-refractivity contribution in [1.29, 1.82) is 0 Å². The van der Waals surface area contributed by atoms with E-state index in [9.17, 15) is 9.59 Å². The van der Waals surface area contributed by atoms with E-state index in [-0.39, 0.29) is 11.6 Å². The van der Waals surface area contributed by atoms with Crippen LogP contribution in [0.4, 0.5) is 0 Å². The third-order valence-corrected chi connectivity index (χ3v) is 3.01. The van der Waals surface area contributed by atoms with Crippen molar-refractivity contribution in [3.05, 3.63) is 46.7 Å². The number of benzene rings is 1. The molecule has 1 heterocycles. The Bertz CT molecular complexity index is 702. The lowest BCUT2D eigenvalue weighted by Crippen LogP contribution is -2.15. The van der Waals surface area contributed by atoms with Crippen LogP contribution in [0.5, 0.6) is 0 Å². The Kier molecular flexibility index (Phi) is 1.87. The van der Waals surface area contributed by atoms with E-state index >= 15 is 0 Å². The van der Waals surface area contributed by atoms with Gasteiger partial charge < -0.3 is 4.42 Å². The highest BCUT2D eigenvalue weighted by atomic mass is 16.3. The van der Waals surface area contributed by atoms with Crippen molar-refractivity contribution in [2.24, 2.45) is 0 Å². The van der Waals surface area contributed by atoms with Crippen LogP contribution in [0.1, 0.15) is 33.4 Å². The molecule has 17 heavy (non-hydrogen) atoms. The van der Waals surface area contributed by atoms with Gasteiger partial charge in [-0.2, -0.15) is 0 Å². The van der Waals surface area contributed by atoms with Crippen LogP contribution in [0.15, 0.2) is 34.3 Å². The maximum atomic E-state index is 12.0. The third-order valence-electron chi connectivity index (χ3n) is 3.01. The molecule has 0 bridgehead atoms. The average molecular weight is 226 g/mol. The third kappa shape index (κ3) is 1.29. The first kappa shape index (κ1) is 10.0. The van der Waals surface area contributed by atoms with Crippen LogP contribution in [-0.2, 0) is 0 Å². The topological polar surface area (TPSA) is 47.3 Å². The van der Waals surface area contributed by atoms with Crippen LogP contribution >= 0.6 is 0 Å². The van der Waals surface area contributed by atoms with E-state index in [0.717, 1.165) is 11.1 Å². The summed E-state index contributed by atoms with van der Waals surface area (Å²) in [6.07, 6.45) is 1.38. The van der Waals surface area contributed by atoms with Crippen LogP contribution in [0.3, 0.4) is 0 Å². The summed E-state index contributed by atoms with van der Waals surface area (Å²) in [6, 6.07) is 5.37. The van der Waals surface area contributed by atoms with Gasteiger partial charge in [-0.3, -0.25) is 9.59 Å². The van der Waals surface area contributed by atoms with E-state index in [2.05, 4.69) is 0 Å². The molecule has 0 atom stereocenters. The Labute approximate surface area is 97.7 Å². The van der Waals surface area contributed by atoms with Gasteiger partial charge in [0.05, 0.1) is 5.56 Å². The molecule has 0 fully saturated rings. The smallest absolute Gasteiger partial charge is 0.190 e. The zero-order valence-electron chi connectivity index (χ0n) is 9.53. The van der Waals surface area contributed by atoms with Gasteiger partial charge in [0.2, 0.25) is 0 Å². The maximum Gasteiger partial charge on any atom is 0.190 e. The zero-order valence-corrected chi connectivity index (χ0v) is 9.53. The number of carbonyl (C=O) groups is 2. The second-order valence-electron chi connectivity index (χ2n) is 4.28. The van der Waals surface area contributed by atoms with Crippen molar-refractivity contribution in [2.75, 3.05) is 0 Å². The van der Waals surface area contributed by atoms with Gasteiger partial charge in [0.25, 0.3) is 0 Å². The molecule has 3 heteroatoms. The zero-order chi connectivity index (χ0) is 12.2. The van der Waals surface area contributed by atoms with Crippen molar-refractivity contribution >= 4 is 22.5 Å². The van der Waals surface area contributed by atoms with Gasteiger partial charge in [-0.1, -0.05) is 6.07 Å². The van der Waals surface area contributed by atoms with E-state index in [0.29, 0.717) is 22.3 Å². The molecule has 0 saturated carbocycles. The molecule has 1 aliphatic rings. The molecule has 2 aromatic rings. The largest absolute Gasteiger partial charge is 0.461 e. The highest BCUT2D eigenvalue weighted by molar-refractivity contribution is 6.27. The molecular formula is C14H10O3. The van der Waals surface area contributed by atoms with Gasteiger partial charge >= 0.3 is 0 Å². The van der Waals surface area contributed by atoms with Crippen molar-refractivity contribution < 1.29 is 14.0 Å². The van der Waals surface area contributed by atoms with Crippen molar-refractivity contribution in [3.8, 4) is 0 Å². The molecule has 84 valence electrons. The minimum atomic E-state index is -0.156. The first-order valence-electron chi connectivity index (χ1n) is 5.38. The summed E-state index contributed by atoms with van der Waals surface area (Å²) in [6.45, 7) is 3.48. The molecule has 1 aliphatic carbocycles. The number of allylic oxidation sites excluding steroid dienone is 2. The number of Topliss-reactive ketones (excluding diaryl/α,β-unsaturated/α-hetero) is 1. The minimum Gasteiger partial charge on any atom is -0.461 e. The molecule has 1 aromatic heterocycles. The minimum absolute atomic E-state index is 0.101. The van der Waals surface area contributed by atoms with Crippen LogP contribution < -0.4 is 0 Å².